The van der Waals surface area contributed by atoms with Gasteiger partial charge >= 0.3 is 0 Å². The molecule has 0 radical (unpaired) electrons. The second kappa shape index (κ2) is 10.4. The lowest BCUT2D eigenvalue weighted by Crippen LogP contribution is -2.39. The van der Waals surface area contributed by atoms with Crippen molar-refractivity contribution in [3.63, 3.8) is 0 Å². The molecule has 27 heavy (non-hydrogen) atoms. The smallest absolute Gasteiger partial charge is 0.225 e. The molecule has 4 rings (SSSR count). The van der Waals surface area contributed by atoms with E-state index < -0.39 is 0 Å². The van der Waals surface area contributed by atoms with E-state index in [9.17, 15) is 4.79 Å². The fraction of sp³-hybridized carbons (Fsp3) is 0.474. The van der Waals surface area contributed by atoms with Crippen LogP contribution in [0.5, 0.6) is 0 Å². The minimum atomic E-state index is 0. The fourth-order valence-corrected chi connectivity index (χ4v) is 4.41. The molecule has 1 atom stereocenters. The molecule has 2 aromatic rings. The number of carbonyl (C=O) groups excluding carboxylic acids is 1. The summed E-state index contributed by atoms with van der Waals surface area (Å²) in [5, 5.41) is 6.40. The van der Waals surface area contributed by atoms with Crippen LogP contribution in [0.2, 0.25) is 0 Å². The van der Waals surface area contributed by atoms with Gasteiger partial charge in [-0.25, -0.2) is 4.98 Å². The van der Waals surface area contributed by atoms with E-state index in [0.29, 0.717) is 6.42 Å². The third-order valence-electron chi connectivity index (χ3n) is 4.80. The van der Waals surface area contributed by atoms with Crippen molar-refractivity contribution in [3.8, 4) is 11.3 Å². The summed E-state index contributed by atoms with van der Waals surface area (Å²) < 4.78 is 2.27. The summed E-state index contributed by atoms with van der Waals surface area (Å²) >= 11 is 1.91. The highest BCUT2D eigenvalue weighted by Gasteiger charge is 2.17. The number of rotatable bonds is 4. The molecule has 1 fully saturated rings. The second-order valence-corrected chi connectivity index (χ2v) is 7.90. The van der Waals surface area contributed by atoms with Gasteiger partial charge in [-0.3, -0.25) is 4.79 Å². The fourth-order valence-electron chi connectivity index (χ4n) is 3.46. The number of aromatic nitrogens is 2. The molecule has 1 aromatic carbocycles. The summed E-state index contributed by atoms with van der Waals surface area (Å²) in [7, 11) is 0. The number of carbonyl (C=O) groups is 1. The van der Waals surface area contributed by atoms with Crippen LogP contribution >= 0.6 is 36.6 Å². The summed E-state index contributed by atoms with van der Waals surface area (Å²) in [6.07, 6.45) is 6.22. The first-order valence-electron chi connectivity index (χ1n) is 9.05. The number of hydrogen-bond acceptors (Lipinski definition) is 4. The summed E-state index contributed by atoms with van der Waals surface area (Å²) in [5.41, 5.74) is 2.98. The first-order chi connectivity index (χ1) is 12.3. The lowest BCUT2D eigenvalue weighted by atomic mass is 10.1. The first-order valence-corrected chi connectivity index (χ1v) is 10.2. The van der Waals surface area contributed by atoms with E-state index in [1.165, 1.54) is 18.7 Å². The molecule has 3 heterocycles. The normalized spacial score (nSPS) is 18.6. The van der Waals surface area contributed by atoms with Crippen molar-refractivity contribution in [1.82, 2.24) is 14.9 Å². The molecule has 1 unspecified atom stereocenters. The van der Waals surface area contributed by atoms with Crippen LogP contribution in [0, 0.1) is 0 Å². The number of hydrogen-bond donors (Lipinski definition) is 2. The van der Waals surface area contributed by atoms with E-state index in [4.69, 9.17) is 4.98 Å². The lowest BCUT2D eigenvalue weighted by molar-refractivity contribution is -0.116. The topological polar surface area (TPSA) is 59.0 Å². The molecule has 0 saturated carbocycles. The number of halogens is 2. The molecule has 0 aliphatic carbocycles. The summed E-state index contributed by atoms with van der Waals surface area (Å²) in [5.74, 6) is 3.41. The van der Waals surface area contributed by atoms with Gasteiger partial charge in [-0.05, 0) is 25.0 Å². The van der Waals surface area contributed by atoms with E-state index in [2.05, 4.69) is 21.4 Å². The average molecular weight is 429 g/mol. The van der Waals surface area contributed by atoms with Gasteiger partial charge in [0.1, 0.15) is 5.82 Å². The Morgan fingerprint density at radius 1 is 1.26 bits per heavy atom. The van der Waals surface area contributed by atoms with Gasteiger partial charge in [0.05, 0.1) is 5.69 Å². The SMILES string of the molecule is Cl.Cl.O=C(CC1CSCCN1)Nc1ccc(-c2cn3c(n2)CCCC3)cc1. The summed E-state index contributed by atoms with van der Waals surface area (Å²) in [6, 6.07) is 8.30. The average Bonchev–Trinajstić information content (AvgIpc) is 3.07. The largest absolute Gasteiger partial charge is 0.334 e. The zero-order chi connectivity index (χ0) is 17.1. The summed E-state index contributed by atoms with van der Waals surface area (Å²) in [4.78, 5) is 16.9. The van der Waals surface area contributed by atoms with Crippen molar-refractivity contribution in [2.24, 2.45) is 0 Å². The highest BCUT2D eigenvalue weighted by molar-refractivity contribution is 7.99. The van der Waals surface area contributed by atoms with E-state index in [0.717, 1.165) is 48.0 Å². The molecule has 1 aromatic heterocycles. The molecule has 2 N–H and O–H groups in total. The van der Waals surface area contributed by atoms with Crippen LogP contribution in [-0.2, 0) is 17.8 Å². The molecular weight excluding hydrogens is 403 g/mol. The van der Waals surface area contributed by atoms with Gasteiger partial charge < -0.3 is 15.2 Å². The predicted molar refractivity (Wildman–Crippen MR) is 117 cm³/mol. The standard InChI is InChI=1S/C19H24N4OS.2ClH/c24-19(11-16-13-25-10-8-20-16)21-15-6-4-14(5-7-15)17-12-23-9-2-1-3-18(23)22-17;;/h4-7,12,16,20H,1-3,8-11,13H2,(H,21,24);2*1H. The molecule has 8 heteroatoms. The highest BCUT2D eigenvalue weighted by Crippen LogP contribution is 2.24. The molecule has 148 valence electrons. The molecule has 2 aliphatic heterocycles. The Balaban J connectivity index is 0.00000131. The van der Waals surface area contributed by atoms with Gasteiger partial charge in [-0.2, -0.15) is 11.8 Å². The Kier molecular flexibility index (Phi) is 8.48. The number of thioether (sulfide) groups is 1. The zero-order valence-electron chi connectivity index (χ0n) is 15.1. The third-order valence-corrected chi connectivity index (χ3v) is 5.93. The van der Waals surface area contributed by atoms with Crippen molar-refractivity contribution in [1.29, 1.82) is 0 Å². The molecule has 5 nitrogen and oxygen atoms in total. The number of nitrogens with one attached hydrogen (secondary N) is 2. The van der Waals surface area contributed by atoms with E-state index in [1.807, 2.05) is 36.0 Å². The van der Waals surface area contributed by atoms with Crippen molar-refractivity contribution in [3.05, 3.63) is 36.3 Å². The Bertz CT molecular complexity index is 721. The van der Waals surface area contributed by atoms with Gasteiger partial charge in [0.2, 0.25) is 5.91 Å². The number of benzene rings is 1. The van der Waals surface area contributed by atoms with Gasteiger partial charge in [0.15, 0.2) is 0 Å². The van der Waals surface area contributed by atoms with Gasteiger partial charge in [0.25, 0.3) is 0 Å². The van der Waals surface area contributed by atoms with Crippen LogP contribution in [0.4, 0.5) is 5.69 Å². The molecule has 0 spiro atoms. The van der Waals surface area contributed by atoms with Crippen LogP contribution in [0.1, 0.15) is 25.1 Å². The van der Waals surface area contributed by atoms with Crippen LogP contribution in [-0.4, -0.2) is 39.6 Å². The van der Waals surface area contributed by atoms with Crippen molar-refractivity contribution in [2.45, 2.75) is 38.3 Å². The van der Waals surface area contributed by atoms with Crippen molar-refractivity contribution < 1.29 is 4.79 Å². The second-order valence-electron chi connectivity index (χ2n) is 6.75. The van der Waals surface area contributed by atoms with E-state index in [-0.39, 0.29) is 36.8 Å². The zero-order valence-corrected chi connectivity index (χ0v) is 17.6. The highest BCUT2D eigenvalue weighted by atomic mass is 35.5. The van der Waals surface area contributed by atoms with Crippen LogP contribution in [0.15, 0.2) is 30.5 Å². The monoisotopic (exact) mass is 428 g/mol. The molecule has 2 aliphatic rings. The lowest BCUT2D eigenvalue weighted by Gasteiger charge is -2.22. The number of fused-ring (bicyclic) bond motifs is 1. The maximum atomic E-state index is 12.2. The van der Waals surface area contributed by atoms with E-state index >= 15 is 0 Å². The Morgan fingerprint density at radius 2 is 2.07 bits per heavy atom. The maximum absolute atomic E-state index is 12.2. The van der Waals surface area contributed by atoms with Crippen LogP contribution in [0.25, 0.3) is 11.3 Å². The van der Waals surface area contributed by atoms with Crippen LogP contribution in [0.3, 0.4) is 0 Å². The van der Waals surface area contributed by atoms with Crippen molar-refractivity contribution in [2.75, 3.05) is 23.4 Å². The number of imidazole rings is 1. The van der Waals surface area contributed by atoms with Crippen LogP contribution < -0.4 is 10.6 Å². The number of nitrogens with zero attached hydrogens (tertiary/aromatic N) is 2. The first kappa shape index (κ1) is 22.1. The predicted octanol–water partition coefficient (Wildman–Crippen LogP) is 3.76. The maximum Gasteiger partial charge on any atom is 0.225 e. The Morgan fingerprint density at radius 3 is 2.78 bits per heavy atom. The molecule has 1 saturated heterocycles. The van der Waals surface area contributed by atoms with E-state index in [1.54, 1.807) is 0 Å². The number of aryl methyl sites for hydroxylation is 2. The quantitative estimate of drug-likeness (QED) is 0.777. The minimum absolute atomic E-state index is 0. The van der Waals surface area contributed by atoms with Gasteiger partial charge in [-0.1, -0.05) is 12.1 Å². The molecule has 0 bridgehead atoms. The van der Waals surface area contributed by atoms with Gasteiger partial charge in [0, 0.05) is 60.9 Å². The minimum Gasteiger partial charge on any atom is -0.334 e. The number of anilines is 1. The summed E-state index contributed by atoms with van der Waals surface area (Å²) in [6.45, 7) is 2.07. The third kappa shape index (κ3) is 5.64. The van der Waals surface area contributed by atoms with Crippen molar-refractivity contribution >= 4 is 48.2 Å². The molecular formula is C19H26Cl2N4OS. The Hall–Kier alpha value is -1.21. The van der Waals surface area contributed by atoms with Gasteiger partial charge in [-0.15, -0.1) is 24.8 Å². The number of amides is 1. The Labute approximate surface area is 176 Å². The molecule has 1 amide bonds.